The lowest BCUT2D eigenvalue weighted by Gasteiger charge is -2.51. The minimum absolute atomic E-state index is 0.458. The van der Waals surface area contributed by atoms with Crippen molar-refractivity contribution in [2.75, 3.05) is 0 Å². The molecule has 0 bridgehead atoms. The third-order valence-electron chi connectivity index (χ3n) is 3.35. The van der Waals surface area contributed by atoms with Crippen LogP contribution in [0.5, 0.6) is 0 Å². The first kappa shape index (κ1) is 8.53. The fraction of sp³-hybridized carbons (Fsp3) is 1.00. The Bertz CT molecular complexity index is 112. The highest BCUT2D eigenvalue weighted by molar-refractivity contribution is 7.19. The first-order chi connectivity index (χ1) is 4.52. The molecule has 1 atom stereocenters. The van der Waals surface area contributed by atoms with Crippen LogP contribution in [0, 0.1) is 5.41 Å². The van der Waals surface area contributed by atoms with E-state index in [1.807, 2.05) is 0 Å². The molecule has 0 N–H and O–H groups in total. The fourth-order valence-corrected chi connectivity index (χ4v) is 2.55. The summed E-state index contributed by atoms with van der Waals surface area (Å²) in [6, 6.07) is 0. The van der Waals surface area contributed by atoms with Gasteiger partial charge in [-0.25, -0.2) is 0 Å². The topological polar surface area (TPSA) is 0 Å². The zero-order valence-electron chi connectivity index (χ0n) is 7.41. The van der Waals surface area contributed by atoms with Crippen molar-refractivity contribution < 1.29 is 0 Å². The van der Waals surface area contributed by atoms with E-state index in [-0.39, 0.29) is 0 Å². The van der Waals surface area contributed by atoms with Crippen molar-refractivity contribution in [2.24, 2.45) is 5.41 Å². The summed E-state index contributed by atoms with van der Waals surface area (Å²) in [6.45, 7) is 7.02. The third-order valence-corrected chi connectivity index (χ3v) is 3.97. The van der Waals surface area contributed by atoms with Gasteiger partial charge >= 0.3 is 0 Å². The second kappa shape index (κ2) is 2.48. The highest BCUT2D eigenvalue weighted by Gasteiger charge is 2.44. The van der Waals surface area contributed by atoms with Gasteiger partial charge in [-0.05, 0) is 29.8 Å². The van der Waals surface area contributed by atoms with Crippen LogP contribution in [0.1, 0.15) is 46.5 Å². The predicted octanol–water partition coefficient (Wildman–Crippen LogP) is 3.22. The molecule has 0 amide bonds. The predicted molar refractivity (Wildman–Crippen MR) is 50.4 cm³/mol. The smallest absolute Gasteiger partial charge is 0.0150 e. The van der Waals surface area contributed by atoms with Crippen LogP contribution < -0.4 is 0 Å². The highest BCUT2D eigenvalue weighted by Crippen LogP contribution is 2.55. The molecule has 60 valence electrons. The second-order valence-corrected chi connectivity index (χ2v) is 5.65. The minimum atomic E-state index is 0.458. The first-order valence-corrected chi connectivity index (χ1v) is 4.88. The van der Waals surface area contributed by atoms with E-state index in [1.54, 1.807) is 0 Å². The van der Waals surface area contributed by atoms with Gasteiger partial charge in [-0.3, -0.25) is 0 Å². The first-order valence-electron chi connectivity index (χ1n) is 4.31. The molecule has 10 heavy (non-hydrogen) atoms. The summed E-state index contributed by atoms with van der Waals surface area (Å²) in [7, 11) is 3.00. The zero-order valence-corrected chi connectivity index (χ0v) is 8.56. The molecular formula is C9H19P. The van der Waals surface area contributed by atoms with E-state index in [9.17, 15) is 0 Å². The normalized spacial score (nSPS) is 24.0. The Balaban J connectivity index is 2.65. The van der Waals surface area contributed by atoms with Gasteiger partial charge in [0.15, 0.2) is 0 Å². The monoisotopic (exact) mass is 158 g/mol. The van der Waals surface area contributed by atoms with Crippen LogP contribution in [0.3, 0.4) is 0 Å². The van der Waals surface area contributed by atoms with E-state index in [0.29, 0.717) is 10.6 Å². The van der Waals surface area contributed by atoms with Gasteiger partial charge in [-0.15, -0.1) is 9.24 Å². The van der Waals surface area contributed by atoms with Crippen LogP contribution in [0.25, 0.3) is 0 Å². The Hall–Kier alpha value is 0.430. The molecule has 1 rings (SSSR count). The molecule has 0 aromatic heterocycles. The van der Waals surface area contributed by atoms with E-state index in [4.69, 9.17) is 0 Å². The van der Waals surface area contributed by atoms with Crippen molar-refractivity contribution in [2.45, 2.75) is 51.6 Å². The summed E-state index contributed by atoms with van der Waals surface area (Å²) in [4.78, 5) is 0. The summed E-state index contributed by atoms with van der Waals surface area (Å²) < 4.78 is 0. The molecule has 1 heteroatoms. The van der Waals surface area contributed by atoms with E-state index < -0.39 is 0 Å². The average molecular weight is 158 g/mol. The van der Waals surface area contributed by atoms with Crippen molar-refractivity contribution in [3.63, 3.8) is 0 Å². The Labute approximate surface area is 67.0 Å². The minimum Gasteiger partial charge on any atom is -0.131 e. The van der Waals surface area contributed by atoms with Gasteiger partial charge in [0.1, 0.15) is 0 Å². The maximum absolute atomic E-state index is 3.00. The molecular weight excluding hydrogens is 139 g/mol. The molecule has 1 saturated carbocycles. The molecule has 0 spiro atoms. The van der Waals surface area contributed by atoms with Gasteiger partial charge in [-0.2, -0.15) is 0 Å². The van der Waals surface area contributed by atoms with Gasteiger partial charge < -0.3 is 0 Å². The van der Waals surface area contributed by atoms with E-state index in [0.717, 1.165) is 0 Å². The van der Waals surface area contributed by atoms with Gasteiger partial charge in [-0.1, -0.05) is 27.2 Å². The number of hydrogen-bond acceptors (Lipinski definition) is 0. The van der Waals surface area contributed by atoms with Crippen molar-refractivity contribution >= 4 is 9.24 Å². The van der Waals surface area contributed by atoms with Crippen molar-refractivity contribution in [3.8, 4) is 0 Å². The maximum atomic E-state index is 3.00. The largest absolute Gasteiger partial charge is 0.131 e. The SMILES string of the molecule is CCC1(C(C)(C)P)CCC1. The highest BCUT2D eigenvalue weighted by atomic mass is 31.0. The van der Waals surface area contributed by atoms with E-state index in [2.05, 4.69) is 30.0 Å². The lowest BCUT2D eigenvalue weighted by atomic mass is 9.60. The Morgan fingerprint density at radius 1 is 1.40 bits per heavy atom. The van der Waals surface area contributed by atoms with Crippen LogP contribution in [-0.2, 0) is 0 Å². The molecule has 0 aromatic carbocycles. The molecule has 0 nitrogen and oxygen atoms in total. The molecule has 0 heterocycles. The lowest BCUT2D eigenvalue weighted by Crippen LogP contribution is -2.43. The van der Waals surface area contributed by atoms with Gasteiger partial charge in [0.05, 0.1) is 0 Å². The quantitative estimate of drug-likeness (QED) is 0.541. The molecule has 1 aliphatic rings. The summed E-state index contributed by atoms with van der Waals surface area (Å²) in [6.07, 6.45) is 5.69. The van der Waals surface area contributed by atoms with Crippen molar-refractivity contribution in [1.29, 1.82) is 0 Å². The van der Waals surface area contributed by atoms with Crippen molar-refractivity contribution in [3.05, 3.63) is 0 Å². The molecule has 0 aromatic rings. The van der Waals surface area contributed by atoms with Crippen LogP contribution in [-0.4, -0.2) is 5.16 Å². The fourth-order valence-electron chi connectivity index (χ4n) is 2.06. The summed E-state index contributed by atoms with van der Waals surface area (Å²) in [5.41, 5.74) is 0.664. The molecule has 1 unspecified atom stereocenters. The van der Waals surface area contributed by atoms with Crippen LogP contribution in [0.15, 0.2) is 0 Å². The molecule has 0 radical (unpaired) electrons. The Morgan fingerprint density at radius 3 is 1.90 bits per heavy atom. The Morgan fingerprint density at radius 2 is 1.90 bits per heavy atom. The van der Waals surface area contributed by atoms with Crippen LogP contribution >= 0.6 is 9.24 Å². The van der Waals surface area contributed by atoms with E-state index >= 15 is 0 Å². The van der Waals surface area contributed by atoms with E-state index in [1.165, 1.54) is 25.7 Å². The zero-order chi connectivity index (χ0) is 7.83. The summed E-state index contributed by atoms with van der Waals surface area (Å²) >= 11 is 0. The molecule has 1 fully saturated rings. The summed E-state index contributed by atoms with van der Waals surface area (Å²) in [5, 5.41) is 0.458. The van der Waals surface area contributed by atoms with Crippen LogP contribution in [0.4, 0.5) is 0 Å². The molecule has 1 aliphatic carbocycles. The average Bonchev–Trinajstić information content (AvgIpc) is 1.58. The third kappa shape index (κ3) is 1.11. The number of hydrogen-bond donors (Lipinski definition) is 0. The van der Waals surface area contributed by atoms with Gasteiger partial charge in [0, 0.05) is 0 Å². The Kier molecular flexibility index (Phi) is 2.12. The standard InChI is InChI=1S/C9H19P/c1-4-9(6-5-7-9)8(2,3)10/h4-7,10H2,1-3H3. The molecule has 0 saturated heterocycles. The lowest BCUT2D eigenvalue weighted by molar-refractivity contribution is 0.0843. The number of rotatable bonds is 2. The molecule has 0 aliphatic heterocycles. The van der Waals surface area contributed by atoms with Gasteiger partial charge in [0.2, 0.25) is 0 Å². The van der Waals surface area contributed by atoms with Gasteiger partial charge in [0.25, 0.3) is 0 Å². The maximum Gasteiger partial charge on any atom is -0.0150 e. The van der Waals surface area contributed by atoms with Crippen molar-refractivity contribution in [1.82, 2.24) is 0 Å². The summed E-state index contributed by atoms with van der Waals surface area (Å²) in [5.74, 6) is 0. The van der Waals surface area contributed by atoms with Crippen LogP contribution in [0.2, 0.25) is 0 Å². The second-order valence-electron chi connectivity index (χ2n) is 4.21.